The van der Waals surface area contributed by atoms with Crippen molar-refractivity contribution in [1.82, 2.24) is 9.88 Å². The first kappa shape index (κ1) is 25.0. The van der Waals surface area contributed by atoms with Gasteiger partial charge in [0.1, 0.15) is 0 Å². The summed E-state index contributed by atoms with van der Waals surface area (Å²) in [4.78, 5) is 28.8. The highest BCUT2D eigenvalue weighted by molar-refractivity contribution is 8.01. The molecule has 8 heteroatoms. The highest BCUT2D eigenvalue weighted by Gasteiger charge is 2.34. The molecule has 0 spiro atoms. The molecule has 0 aromatic carbocycles. The molecular weight excluding hydrogens is 418 g/mol. The average Bonchev–Trinajstić information content (AvgIpc) is 3.18. The van der Waals surface area contributed by atoms with Gasteiger partial charge in [-0.3, -0.25) is 10.1 Å². The zero-order valence-corrected chi connectivity index (χ0v) is 20.4. The molecule has 2 aliphatic rings. The van der Waals surface area contributed by atoms with Crippen molar-refractivity contribution in [2.45, 2.75) is 88.4 Å². The fraction of sp³-hybridized carbons (Fsp3) is 0.773. The van der Waals surface area contributed by atoms with E-state index in [0.29, 0.717) is 18.6 Å². The molecule has 1 aromatic rings. The monoisotopic (exact) mass is 455 g/mol. The van der Waals surface area contributed by atoms with Crippen LogP contribution in [0.1, 0.15) is 72.1 Å². The van der Waals surface area contributed by atoms with Crippen LogP contribution in [0.4, 0.5) is 9.93 Å². The fourth-order valence-electron chi connectivity index (χ4n) is 4.35. The molecule has 0 atom stereocenters. The smallest absolute Gasteiger partial charge is 0.324 e. The van der Waals surface area contributed by atoms with Crippen LogP contribution in [0, 0.1) is 11.8 Å². The molecule has 170 valence electrons. The van der Waals surface area contributed by atoms with Crippen molar-refractivity contribution >= 4 is 40.7 Å². The summed E-state index contributed by atoms with van der Waals surface area (Å²) in [5.74, 6) is 2.63. The Bertz CT molecular complexity index is 617. The second kappa shape index (κ2) is 13.2. The number of anilines is 1. The van der Waals surface area contributed by atoms with Crippen molar-refractivity contribution in [1.29, 1.82) is 0 Å². The van der Waals surface area contributed by atoms with Crippen molar-refractivity contribution in [3.8, 4) is 0 Å². The van der Waals surface area contributed by atoms with E-state index < -0.39 is 0 Å². The largest absolute Gasteiger partial charge is 0.471 e. The van der Waals surface area contributed by atoms with Gasteiger partial charge in [-0.15, -0.1) is 11.8 Å². The van der Waals surface area contributed by atoms with Gasteiger partial charge >= 0.3 is 6.03 Å². The van der Waals surface area contributed by atoms with Gasteiger partial charge in [0.05, 0.1) is 17.5 Å². The normalized spacial score (nSPS) is 26.1. The first-order valence-electron chi connectivity index (χ1n) is 11.1. The number of thioether (sulfide) groups is 1. The molecule has 1 heterocycles. The minimum atomic E-state index is 0.0755. The van der Waals surface area contributed by atoms with Crippen LogP contribution in [0.3, 0.4) is 0 Å². The topological polar surface area (TPSA) is 71.5 Å². The number of thiazole rings is 1. The van der Waals surface area contributed by atoms with Gasteiger partial charge in [-0.25, -0.2) is 9.78 Å². The van der Waals surface area contributed by atoms with E-state index in [4.69, 9.17) is 4.79 Å². The molecule has 2 saturated carbocycles. The molecule has 2 amide bonds. The van der Waals surface area contributed by atoms with Crippen LogP contribution in [-0.4, -0.2) is 47.3 Å². The highest BCUT2D eigenvalue weighted by atomic mass is 32.2. The van der Waals surface area contributed by atoms with Crippen molar-refractivity contribution in [2.75, 3.05) is 18.2 Å². The lowest BCUT2D eigenvalue weighted by molar-refractivity contribution is -0.126. The molecule has 30 heavy (non-hydrogen) atoms. The number of nitrogens with one attached hydrogen (secondary N) is 1. The lowest BCUT2D eigenvalue weighted by atomic mass is 9.82. The van der Waals surface area contributed by atoms with Crippen molar-refractivity contribution in [2.24, 2.45) is 11.8 Å². The van der Waals surface area contributed by atoms with Gasteiger partial charge in [0, 0.05) is 12.1 Å². The molecule has 2 aliphatic carbocycles. The third-order valence-corrected chi connectivity index (χ3v) is 8.06. The molecule has 1 aromatic heterocycles. The lowest BCUT2D eigenvalue weighted by Crippen LogP contribution is -2.51. The Balaban J connectivity index is 0.000000735. The summed E-state index contributed by atoms with van der Waals surface area (Å²) in [6, 6.07) is 0.870. The summed E-state index contributed by atoms with van der Waals surface area (Å²) in [5, 5.41) is 3.86. The first-order chi connectivity index (χ1) is 14.5. The number of rotatable bonds is 6. The number of nitrogens with zero attached hydrogens (tertiary/aromatic N) is 2. The average molecular weight is 456 g/mol. The zero-order valence-electron chi connectivity index (χ0n) is 18.8. The lowest BCUT2D eigenvalue weighted by Gasteiger charge is -2.43. The fourth-order valence-corrected chi connectivity index (χ4v) is 6.13. The summed E-state index contributed by atoms with van der Waals surface area (Å²) < 4.78 is 5.03. The van der Waals surface area contributed by atoms with Gasteiger partial charge in [0.2, 0.25) is 0 Å². The Morgan fingerprint density at radius 3 is 2.10 bits per heavy atom. The van der Waals surface area contributed by atoms with Crippen LogP contribution in [0.5, 0.6) is 0 Å². The minimum Gasteiger partial charge on any atom is -0.471 e. The van der Waals surface area contributed by atoms with Crippen LogP contribution in [0.25, 0.3) is 0 Å². The van der Waals surface area contributed by atoms with Crippen molar-refractivity contribution in [3.05, 3.63) is 6.20 Å². The number of carbonyl (C=O) groups excluding carboxylic acids is 2. The van der Waals surface area contributed by atoms with Crippen LogP contribution in [0.2, 0.25) is 0 Å². The highest BCUT2D eigenvalue weighted by Crippen LogP contribution is 2.35. The van der Waals surface area contributed by atoms with Gasteiger partial charge < -0.3 is 9.64 Å². The van der Waals surface area contributed by atoms with E-state index in [0.717, 1.165) is 48.4 Å². The minimum absolute atomic E-state index is 0.0755. The number of aromatic nitrogens is 1. The van der Waals surface area contributed by atoms with E-state index in [1.165, 1.54) is 37.0 Å². The second-order valence-electron chi connectivity index (χ2n) is 8.41. The number of hydrogen-bond acceptors (Lipinski definition) is 6. The summed E-state index contributed by atoms with van der Waals surface area (Å²) in [7, 11) is 1.31. The second-order valence-corrected chi connectivity index (χ2v) is 11.0. The molecule has 0 saturated heterocycles. The Morgan fingerprint density at radius 2 is 1.67 bits per heavy atom. The molecule has 0 bridgehead atoms. The number of carbonyl (C=O) groups is 2. The van der Waals surface area contributed by atoms with Gasteiger partial charge in [-0.2, -0.15) is 0 Å². The molecule has 2 fully saturated rings. The number of ether oxygens (including phenoxy) is 1. The summed E-state index contributed by atoms with van der Waals surface area (Å²) in [6.07, 6.45) is 11.4. The third kappa shape index (κ3) is 7.76. The number of hydrogen-bond donors (Lipinski definition) is 1. The van der Waals surface area contributed by atoms with Gasteiger partial charge in [-0.1, -0.05) is 32.1 Å². The summed E-state index contributed by atoms with van der Waals surface area (Å²) >= 11 is 3.37. The molecular formula is C22H37N3O3S2. The molecule has 1 N–H and O–H groups in total. The zero-order chi connectivity index (χ0) is 21.9. The van der Waals surface area contributed by atoms with E-state index in [-0.39, 0.29) is 6.03 Å². The molecule has 0 unspecified atom stereocenters. The predicted octanol–water partition coefficient (Wildman–Crippen LogP) is 6.04. The molecule has 3 rings (SSSR count). The Kier molecular flexibility index (Phi) is 11.0. The Morgan fingerprint density at radius 1 is 1.17 bits per heavy atom. The maximum Gasteiger partial charge on any atom is 0.324 e. The van der Waals surface area contributed by atoms with E-state index in [9.17, 15) is 4.79 Å². The first-order valence-corrected chi connectivity index (χ1v) is 12.9. The van der Waals surface area contributed by atoms with E-state index in [1.54, 1.807) is 23.1 Å². The van der Waals surface area contributed by atoms with Crippen molar-refractivity contribution < 1.29 is 14.3 Å². The van der Waals surface area contributed by atoms with Crippen LogP contribution in [-0.2, 0) is 9.53 Å². The maximum absolute atomic E-state index is 13.2. The quantitative estimate of drug-likeness (QED) is 0.418. The number of urea groups is 1. The molecule has 6 nitrogen and oxygen atoms in total. The van der Waals surface area contributed by atoms with Crippen LogP contribution >= 0.6 is 23.1 Å². The van der Waals surface area contributed by atoms with E-state index in [1.807, 2.05) is 6.20 Å². The molecule has 0 radical (unpaired) electrons. The van der Waals surface area contributed by atoms with Gasteiger partial charge in [0.25, 0.3) is 6.47 Å². The maximum atomic E-state index is 13.2. The third-order valence-electron chi connectivity index (χ3n) is 6.07. The van der Waals surface area contributed by atoms with Crippen LogP contribution in [0.15, 0.2) is 10.4 Å². The summed E-state index contributed by atoms with van der Waals surface area (Å²) in [5.41, 5.74) is 0. The molecule has 0 aliphatic heterocycles. The van der Waals surface area contributed by atoms with E-state index >= 15 is 0 Å². The van der Waals surface area contributed by atoms with Gasteiger partial charge in [0.15, 0.2) is 5.13 Å². The predicted molar refractivity (Wildman–Crippen MR) is 125 cm³/mol. The SMILES string of the molecule is CCSc1cnc(NC(=O)N(C2CCC(C)CC2)C2CCC(C)CC2)s1.COC=O. The van der Waals surface area contributed by atoms with Gasteiger partial charge in [-0.05, 0) is 69.0 Å². The Hall–Kier alpha value is -1.28. The standard InChI is InChI=1S/C20H33N3OS2.C2H4O2/c1-4-25-18-13-21-19(26-18)22-20(24)23(16-9-5-14(2)6-10-16)17-11-7-15(3)8-12-17;1-4-2-3/h13-17H,4-12H2,1-3H3,(H,21,22,24);2H,1H3. The van der Waals surface area contributed by atoms with E-state index in [2.05, 4.69) is 40.7 Å². The number of amides is 2. The summed E-state index contributed by atoms with van der Waals surface area (Å²) in [6.45, 7) is 7.19. The number of methoxy groups -OCH3 is 1. The van der Waals surface area contributed by atoms with Crippen molar-refractivity contribution in [3.63, 3.8) is 0 Å². The van der Waals surface area contributed by atoms with Crippen LogP contribution < -0.4 is 5.32 Å². The Labute approximate surface area is 189 Å².